The van der Waals surface area contributed by atoms with Crippen molar-refractivity contribution in [3.05, 3.63) is 48.4 Å². The molecule has 2 fully saturated rings. The summed E-state index contributed by atoms with van der Waals surface area (Å²) in [7, 11) is 0. The maximum Gasteiger partial charge on any atom is 0.238 e. The number of rotatable bonds is 6. The number of benzene rings is 1. The Hall–Kier alpha value is -2.51. The summed E-state index contributed by atoms with van der Waals surface area (Å²) >= 11 is 0. The van der Waals surface area contributed by atoms with Gasteiger partial charge in [-0.15, -0.1) is 0 Å². The van der Waals surface area contributed by atoms with E-state index in [0.29, 0.717) is 18.8 Å². The molecule has 0 bridgehead atoms. The number of amides is 1. The largest absolute Gasteiger partial charge is 0.437 e. The fourth-order valence-corrected chi connectivity index (χ4v) is 3.90. The van der Waals surface area contributed by atoms with E-state index in [9.17, 15) is 4.79 Å². The van der Waals surface area contributed by atoms with Crippen LogP contribution in [0.15, 0.2) is 42.7 Å². The number of likely N-dealkylation sites (tertiary alicyclic amines) is 1. The van der Waals surface area contributed by atoms with E-state index in [0.717, 1.165) is 63.7 Å². The van der Waals surface area contributed by atoms with Gasteiger partial charge >= 0.3 is 0 Å². The molecule has 1 amide bonds. The maximum absolute atomic E-state index is 12.7. The van der Waals surface area contributed by atoms with Crippen LogP contribution < -0.4 is 4.74 Å². The van der Waals surface area contributed by atoms with E-state index in [1.54, 1.807) is 12.4 Å². The predicted molar refractivity (Wildman–Crippen MR) is 109 cm³/mol. The SMILES string of the molecule is O=C(CCN1CCOCC1)N1CCCC(c2cncc(Oc3ccccc3)n2)C1. The number of hydrogen-bond donors (Lipinski definition) is 0. The standard InChI is InChI=1S/C22H28N4O3/c27-22(8-10-25-11-13-28-14-12-25)26-9-4-5-18(17-26)20-15-23-16-21(24-20)29-19-6-2-1-3-7-19/h1-3,6-7,15-16,18H,4-5,8-14,17H2. The van der Waals surface area contributed by atoms with Gasteiger partial charge in [-0.3, -0.25) is 14.7 Å². The molecule has 2 saturated heterocycles. The zero-order chi connectivity index (χ0) is 19.9. The van der Waals surface area contributed by atoms with Crippen molar-refractivity contribution in [1.29, 1.82) is 0 Å². The molecule has 2 aromatic rings. The average molecular weight is 396 g/mol. The van der Waals surface area contributed by atoms with Gasteiger partial charge in [0.1, 0.15) is 5.75 Å². The monoisotopic (exact) mass is 396 g/mol. The minimum absolute atomic E-state index is 0.197. The smallest absolute Gasteiger partial charge is 0.238 e. The fourth-order valence-electron chi connectivity index (χ4n) is 3.90. The molecule has 1 atom stereocenters. The Bertz CT molecular complexity index is 796. The number of hydrogen-bond acceptors (Lipinski definition) is 6. The van der Waals surface area contributed by atoms with Gasteiger partial charge in [0.05, 0.1) is 25.1 Å². The van der Waals surface area contributed by atoms with Gasteiger partial charge in [-0.1, -0.05) is 18.2 Å². The van der Waals surface area contributed by atoms with Crippen molar-refractivity contribution in [2.24, 2.45) is 0 Å². The van der Waals surface area contributed by atoms with E-state index in [1.165, 1.54) is 0 Å². The summed E-state index contributed by atoms with van der Waals surface area (Å²) in [5.41, 5.74) is 0.893. The lowest BCUT2D eigenvalue weighted by molar-refractivity contribution is -0.133. The number of carbonyl (C=O) groups excluding carboxylic acids is 1. The first kappa shape index (κ1) is 19.8. The van der Waals surface area contributed by atoms with Crippen molar-refractivity contribution >= 4 is 5.91 Å². The molecule has 7 heteroatoms. The normalized spacial score (nSPS) is 20.4. The molecular weight excluding hydrogens is 368 g/mol. The highest BCUT2D eigenvalue weighted by Crippen LogP contribution is 2.27. The lowest BCUT2D eigenvalue weighted by atomic mass is 9.95. The Balaban J connectivity index is 1.34. The van der Waals surface area contributed by atoms with Gasteiger partial charge in [0.15, 0.2) is 0 Å². The quantitative estimate of drug-likeness (QED) is 0.748. The third-order valence-electron chi connectivity index (χ3n) is 5.53. The highest BCUT2D eigenvalue weighted by Gasteiger charge is 2.26. The third kappa shape index (κ3) is 5.52. The van der Waals surface area contributed by atoms with Gasteiger partial charge in [-0.25, -0.2) is 4.98 Å². The summed E-state index contributed by atoms with van der Waals surface area (Å²) in [6.07, 6.45) is 5.99. The third-order valence-corrected chi connectivity index (χ3v) is 5.53. The van der Waals surface area contributed by atoms with Gasteiger partial charge in [0.2, 0.25) is 11.8 Å². The van der Waals surface area contributed by atoms with E-state index < -0.39 is 0 Å². The summed E-state index contributed by atoms with van der Waals surface area (Å²) in [5.74, 6) is 1.65. The molecule has 0 spiro atoms. The molecule has 0 aliphatic carbocycles. The maximum atomic E-state index is 12.7. The first-order valence-corrected chi connectivity index (χ1v) is 10.4. The molecule has 0 N–H and O–H groups in total. The second-order valence-corrected chi connectivity index (χ2v) is 7.58. The molecule has 2 aliphatic rings. The Morgan fingerprint density at radius 3 is 2.79 bits per heavy atom. The number of nitrogens with zero attached hydrogens (tertiary/aromatic N) is 4. The van der Waals surface area contributed by atoms with Crippen LogP contribution in [-0.2, 0) is 9.53 Å². The highest BCUT2D eigenvalue weighted by atomic mass is 16.5. The molecule has 0 saturated carbocycles. The molecule has 7 nitrogen and oxygen atoms in total. The van der Waals surface area contributed by atoms with Crippen molar-refractivity contribution in [1.82, 2.24) is 19.8 Å². The van der Waals surface area contributed by atoms with Crippen LogP contribution in [0, 0.1) is 0 Å². The minimum Gasteiger partial charge on any atom is -0.437 e. The predicted octanol–water partition coefficient (Wildman–Crippen LogP) is 2.70. The summed E-state index contributed by atoms with van der Waals surface area (Å²) in [5, 5.41) is 0. The van der Waals surface area contributed by atoms with Gasteiger partial charge in [-0.05, 0) is 25.0 Å². The van der Waals surface area contributed by atoms with Crippen LogP contribution in [0.5, 0.6) is 11.6 Å². The Kier molecular flexibility index (Phi) is 6.69. The van der Waals surface area contributed by atoms with E-state index in [1.807, 2.05) is 35.2 Å². The Morgan fingerprint density at radius 1 is 1.14 bits per heavy atom. The van der Waals surface area contributed by atoms with Crippen LogP contribution in [0.2, 0.25) is 0 Å². The molecule has 29 heavy (non-hydrogen) atoms. The van der Waals surface area contributed by atoms with Crippen molar-refractivity contribution in [2.75, 3.05) is 45.9 Å². The van der Waals surface area contributed by atoms with Crippen molar-refractivity contribution < 1.29 is 14.3 Å². The fraction of sp³-hybridized carbons (Fsp3) is 0.500. The molecule has 2 aliphatic heterocycles. The van der Waals surface area contributed by atoms with E-state index in [4.69, 9.17) is 9.47 Å². The summed E-state index contributed by atoms with van der Waals surface area (Å²) in [6, 6.07) is 9.58. The van der Waals surface area contributed by atoms with Crippen molar-refractivity contribution in [3.8, 4) is 11.6 Å². The summed E-state index contributed by atoms with van der Waals surface area (Å²) < 4.78 is 11.2. The first-order chi connectivity index (χ1) is 14.3. The Morgan fingerprint density at radius 2 is 1.97 bits per heavy atom. The van der Waals surface area contributed by atoms with E-state index in [-0.39, 0.29) is 11.8 Å². The average Bonchev–Trinajstić information content (AvgIpc) is 2.79. The molecule has 1 aromatic heterocycles. The lowest BCUT2D eigenvalue weighted by Crippen LogP contribution is -2.42. The van der Waals surface area contributed by atoms with Gasteiger partial charge in [0, 0.05) is 51.3 Å². The van der Waals surface area contributed by atoms with Gasteiger partial charge in [-0.2, -0.15) is 0 Å². The molecule has 4 rings (SSSR count). The molecule has 1 unspecified atom stereocenters. The van der Waals surface area contributed by atoms with Crippen molar-refractivity contribution in [3.63, 3.8) is 0 Å². The van der Waals surface area contributed by atoms with Crippen molar-refractivity contribution in [2.45, 2.75) is 25.2 Å². The first-order valence-electron chi connectivity index (χ1n) is 10.4. The van der Waals surface area contributed by atoms with Crippen LogP contribution in [0.1, 0.15) is 30.9 Å². The van der Waals surface area contributed by atoms with Crippen LogP contribution in [0.25, 0.3) is 0 Å². The van der Waals surface area contributed by atoms with Crippen LogP contribution in [-0.4, -0.2) is 71.6 Å². The van der Waals surface area contributed by atoms with Crippen LogP contribution >= 0.6 is 0 Å². The highest BCUT2D eigenvalue weighted by molar-refractivity contribution is 5.76. The number of para-hydroxylation sites is 1. The molecule has 1 aromatic carbocycles. The lowest BCUT2D eigenvalue weighted by Gasteiger charge is -2.33. The Labute approximate surface area is 171 Å². The minimum atomic E-state index is 0.197. The number of piperidine rings is 1. The number of ether oxygens (including phenoxy) is 2. The summed E-state index contributed by atoms with van der Waals surface area (Å²) in [6.45, 7) is 5.69. The van der Waals surface area contributed by atoms with Crippen LogP contribution in [0.3, 0.4) is 0 Å². The molecular formula is C22H28N4O3. The zero-order valence-corrected chi connectivity index (χ0v) is 16.7. The zero-order valence-electron chi connectivity index (χ0n) is 16.7. The second kappa shape index (κ2) is 9.80. The van der Waals surface area contributed by atoms with E-state index in [2.05, 4.69) is 14.9 Å². The van der Waals surface area contributed by atoms with Gasteiger partial charge in [0.25, 0.3) is 0 Å². The van der Waals surface area contributed by atoms with E-state index >= 15 is 0 Å². The second-order valence-electron chi connectivity index (χ2n) is 7.58. The number of morpholine rings is 1. The van der Waals surface area contributed by atoms with Crippen LogP contribution in [0.4, 0.5) is 0 Å². The molecule has 3 heterocycles. The summed E-state index contributed by atoms with van der Waals surface area (Å²) in [4.78, 5) is 26.0. The number of aromatic nitrogens is 2. The molecule has 0 radical (unpaired) electrons. The molecule has 154 valence electrons. The topological polar surface area (TPSA) is 67.8 Å². The van der Waals surface area contributed by atoms with Gasteiger partial charge < -0.3 is 14.4 Å². The number of carbonyl (C=O) groups is 1.